The highest BCUT2D eigenvalue weighted by Crippen LogP contribution is 2.30. The second kappa shape index (κ2) is 9.73. The van der Waals surface area contributed by atoms with Crippen LogP contribution >= 0.6 is 23.2 Å². The first-order valence-electron chi connectivity index (χ1n) is 7.84. The van der Waals surface area contributed by atoms with Gasteiger partial charge < -0.3 is 14.8 Å². The average Bonchev–Trinajstić information content (AvgIpc) is 2.59. The van der Waals surface area contributed by atoms with Gasteiger partial charge in [0.05, 0.1) is 29.4 Å². The number of nitrogens with one attached hydrogen (secondary N) is 1. The third kappa shape index (κ3) is 6.23. The van der Waals surface area contributed by atoms with Gasteiger partial charge in [0, 0.05) is 6.54 Å². The van der Waals surface area contributed by atoms with Crippen LogP contribution in [0.25, 0.3) is 0 Å². The number of hydrogen-bond acceptors (Lipinski definition) is 4. The molecule has 0 unspecified atom stereocenters. The summed E-state index contributed by atoms with van der Waals surface area (Å²) in [6.45, 7) is -2.46. The quantitative estimate of drug-likeness (QED) is 0.676. The van der Waals surface area contributed by atoms with Gasteiger partial charge in [-0.05, 0) is 36.9 Å². The van der Waals surface area contributed by atoms with Gasteiger partial charge in [-0.2, -0.15) is 8.78 Å². The first kappa shape index (κ1) is 21.2. The van der Waals surface area contributed by atoms with Gasteiger partial charge in [-0.1, -0.05) is 35.3 Å². The Balaban J connectivity index is 1.97. The molecule has 0 bridgehead atoms. The van der Waals surface area contributed by atoms with Crippen molar-refractivity contribution in [2.75, 3.05) is 26.0 Å². The van der Waals surface area contributed by atoms with Crippen LogP contribution in [0.1, 0.15) is 5.56 Å². The standard InChI is InChI=1S/C18H18Cl2F2N2O3/c1-24(10-16(25)23-13-5-3-4-12(19)17(13)20)9-11-6-7-14(27-18(21)22)15(8-11)26-2/h3-8,18H,9-10H2,1-2H3,(H,23,25). The smallest absolute Gasteiger partial charge is 0.387 e. The Morgan fingerprint density at radius 3 is 2.63 bits per heavy atom. The Labute approximate surface area is 165 Å². The number of rotatable bonds is 8. The van der Waals surface area contributed by atoms with E-state index < -0.39 is 6.61 Å². The first-order valence-corrected chi connectivity index (χ1v) is 8.60. The summed E-state index contributed by atoms with van der Waals surface area (Å²) < 4.78 is 34.2. The van der Waals surface area contributed by atoms with Crippen LogP contribution in [0.3, 0.4) is 0 Å². The first-order chi connectivity index (χ1) is 12.8. The normalized spacial score (nSPS) is 11.0. The van der Waals surface area contributed by atoms with Crippen molar-refractivity contribution in [1.82, 2.24) is 4.90 Å². The van der Waals surface area contributed by atoms with E-state index in [1.54, 1.807) is 42.3 Å². The van der Waals surface area contributed by atoms with Gasteiger partial charge in [-0.15, -0.1) is 0 Å². The summed E-state index contributed by atoms with van der Waals surface area (Å²) in [6, 6.07) is 9.57. The number of alkyl halides is 2. The van der Waals surface area contributed by atoms with Crippen molar-refractivity contribution in [1.29, 1.82) is 0 Å². The molecule has 0 fully saturated rings. The molecule has 5 nitrogen and oxygen atoms in total. The molecule has 0 aromatic heterocycles. The molecule has 0 aliphatic carbocycles. The maximum atomic E-state index is 12.4. The van der Waals surface area contributed by atoms with Crippen molar-refractivity contribution in [3.05, 3.63) is 52.0 Å². The lowest BCUT2D eigenvalue weighted by molar-refractivity contribution is -0.117. The van der Waals surface area contributed by atoms with Crippen molar-refractivity contribution in [3.63, 3.8) is 0 Å². The van der Waals surface area contributed by atoms with Crippen LogP contribution in [0, 0.1) is 0 Å². The lowest BCUT2D eigenvalue weighted by Crippen LogP contribution is -2.29. The molecule has 2 aromatic carbocycles. The summed E-state index contributed by atoms with van der Waals surface area (Å²) >= 11 is 12.0. The van der Waals surface area contributed by atoms with E-state index in [1.165, 1.54) is 13.2 Å². The summed E-state index contributed by atoms with van der Waals surface area (Å²) in [5.41, 5.74) is 1.20. The second-order valence-electron chi connectivity index (χ2n) is 5.69. The highest BCUT2D eigenvalue weighted by Gasteiger charge is 2.14. The summed E-state index contributed by atoms with van der Waals surface area (Å²) in [4.78, 5) is 13.9. The third-order valence-corrected chi connectivity index (χ3v) is 4.35. The lowest BCUT2D eigenvalue weighted by Gasteiger charge is -2.18. The largest absolute Gasteiger partial charge is 0.493 e. The van der Waals surface area contributed by atoms with Crippen LogP contribution in [0.5, 0.6) is 11.5 Å². The fourth-order valence-corrected chi connectivity index (χ4v) is 2.75. The van der Waals surface area contributed by atoms with Gasteiger partial charge in [0.1, 0.15) is 0 Å². The van der Waals surface area contributed by atoms with Crippen molar-refractivity contribution < 1.29 is 23.0 Å². The van der Waals surface area contributed by atoms with E-state index in [2.05, 4.69) is 10.1 Å². The van der Waals surface area contributed by atoms with E-state index >= 15 is 0 Å². The number of likely N-dealkylation sites (N-methyl/N-ethyl adjacent to an activating group) is 1. The molecule has 27 heavy (non-hydrogen) atoms. The average molecular weight is 419 g/mol. The number of benzene rings is 2. The Morgan fingerprint density at radius 1 is 1.22 bits per heavy atom. The molecule has 0 aliphatic rings. The van der Waals surface area contributed by atoms with Gasteiger partial charge >= 0.3 is 6.61 Å². The highest BCUT2D eigenvalue weighted by molar-refractivity contribution is 6.43. The minimum Gasteiger partial charge on any atom is -0.493 e. The molecule has 0 radical (unpaired) electrons. The number of amides is 1. The van der Waals surface area contributed by atoms with Crippen molar-refractivity contribution in [2.24, 2.45) is 0 Å². The van der Waals surface area contributed by atoms with Crippen LogP contribution in [-0.4, -0.2) is 38.1 Å². The van der Waals surface area contributed by atoms with Crippen molar-refractivity contribution in [2.45, 2.75) is 13.2 Å². The molecule has 0 spiro atoms. The molecule has 0 saturated heterocycles. The number of halogens is 4. The van der Waals surface area contributed by atoms with E-state index in [-0.39, 0.29) is 29.0 Å². The monoisotopic (exact) mass is 418 g/mol. The molecule has 1 amide bonds. The van der Waals surface area contributed by atoms with Crippen molar-refractivity contribution in [3.8, 4) is 11.5 Å². The molecule has 1 N–H and O–H groups in total. The van der Waals surface area contributed by atoms with Crippen molar-refractivity contribution >= 4 is 34.8 Å². The molecule has 2 rings (SSSR count). The Hall–Kier alpha value is -2.09. The summed E-state index contributed by atoms with van der Waals surface area (Å²) in [5, 5.41) is 3.32. The molecule has 146 valence electrons. The number of carbonyl (C=O) groups excluding carboxylic acids is 1. The fourth-order valence-electron chi connectivity index (χ4n) is 2.41. The Bertz CT molecular complexity index is 806. The molecule has 9 heteroatoms. The van der Waals surface area contributed by atoms with Crippen LogP contribution < -0.4 is 14.8 Å². The third-order valence-electron chi connectivity index (χ3n) is 3.54. The predicted molar refractivity (Wildman–Crippen MR) is 101 cm³/mol. The van der Waals surface area contributed by atoms with Crippen LogP contribution in [0.4, 0.5) is 14.5 Å². The van der Waals surface area contributed by atoms with Crippen LogP contribution in [-0.2, 0) is 11.3 Å². The maximum absolute atomic E-state index is 12.4. The zero-order valence-corrected chi connectivity index (χ0v) is 16.2. The van der Waals surface area contributed by atoms with Gasteiger partial charge in [0.2, 0.25) is 5.91 Å². The minimum atomic E-state index is -2.94. The van der Waals surface area contributed by atoms with Gasteiger partial charge in [-0.25, -0.2) is 0 Å². The van der Waals surface area contributed by atoms with Gasteiger partial charge in [-0.3, -0.25) is 9.69 Å². The number of ether oxygens (including phenoxy) is 2. The van der Waals surface area contributed by atoms with E-state index in [0.29, 0.717) is 17.3 Å². The second-order valence-corrected chi connectivity index (χ2v) is 6.47. The molecule has 0 saturated carbocycles. The fraction of sp³-hybridized carbons (Fsp3) is 0.278. The van der Waals surface area contributed by atoms with Crippen LogP contribution in [0.15, 0.2) is 36.4 Å². The zero-order chi connectivity index (χ0) is 20.0. The number of hydrogen-bond donors (Lipinski definition) is 1. The Morgan fingerprint density at radius 2 is 1.96 bits per heavy atom. The predicted octanol–water partition coefficient (Wildman–Crippen LogP) is 4.67. The topological polar surface area (TPSA) is 50.8 Å². The van der Waals surface area contributed by atoms with E-state index in [4.69, 9.17) is 27.9 Å². The summed E-state index contributed by atoms with van der Waals surface area (Å²) in [6.07, 6.45) is 0. The molecule has 2 aromatic rings. The molecule has 0 atom stereocenters. The van der Waals surface area contributed by atoms with E-state index in [9.17, 15) is 13.6 Å². The molecular weight excluding hydrogens is 401 g/mol. The minimum absolute atomic E-state index is 0.0488. The summed E-state index contributed by atoms with van der Waals surface area (Å²) in [5.74, 6) is -0.130. The maximum Gasteiger partial charge on any atom is 0.387 e. The SMILES string of the molecule is COc1cc(CN(C)CC(=O)Nc2cccc(Cl)c2Cl)ccc1OC(F)F. The number of nitrogens with zero attached hydrogens (tertiary/aromatic N) is 1. The molecule has 0 aliphatic heterocycles. The lowest BCUT2D eigenvalue weighted by atomic mass is 10.2. The van der Waals surface area contributed by atoms with Gasteiger partial charge in [0.15, 0.2) is 11.5 Å². The van der Waals surface area contributed by atoms with E-state index in [0.717, 1.165) is 5.56 Å². The zero-order valence-electron chi connectivity index (χ0n) is 14.6. The number of anilines is 1. The Kier molecular flexibility index (Phi) is 7.65. The molecule has 0 heterocycles. The van der Waals surface area contributed by atoms with Crippen LogP contribution in [0.2, 0.25) is 10.0 Å². The van der Waals surface area contributed by atoms with E-state index in [1.807, 2.05) is 0 Å². The number of carbonyl (C=O) groups is 1. The highest BCUT2D eigenvalue weighted by atomic mass is 35.5. The molecular formula is C18H18Cl2F2N2O3. The summed E-state index contributed by atoms with van der Waals surface area (Å²) in [7, 11) is 3.11. The van der Waals surface area contributed by atoms with Gasteiger partial charge in [0.25, 0.3) is 0 Å². The number of methoxy groups -OCH3 is 1.